The third-order valence-electron chi connectivity index (χ3n) is 8.64. The molecule has 6 heterocycles. The van der Waals surface area contributed by atoms with Crippen LogP contribution in [0.1, 0.15) is 56.9 Å². The predicted molar refractivity (Wildman–Crippen MR) is 203 cm³/mol. The molecule has 15 nitrogen and oxygen atoms in total. The number of hydrogen-bond acceptors (Lipinski definition) is 13. The number of nitrogens with zero attached hydrogens (tertiary/aromatic N) is 7. The van der Waals surface area contributed by atoms with Crippen LogP contribution in [0.5, 0.6) is 0 Å². The van der Waals surface area contributed by atoms with Gasteiger partial charge in [-0.15, -0.1) is 0 Å². The number of anilines is 1. The molecule has 288 valence electrons. The smallest absolute Gasteiger partial charge is 0.248 e. The van der Waals surface area contributed by atoms with Gasteiger partial charge >= 0.3 is 0 Å². The first-order valence-corrected chi connectivity index (χ1v) is 25.4. The van der Waals surface area contributed by atoms with Crippen molar-refractivity contribution >= 4 is 44.9 Å². The second-order valence-corrected chi connectivity index (χ2v) is 24.1. The largest absolute Gasteiger partial charge is 0.381 e. The first kappa shape index (κ1) is 41.7. The highest BCUT2D eigenvalue weighted by Gasteiger charge is 2.28. The number of piperidine rings is 1. The summed E-state index contributed by atoms with van der Waals surface area (Å²) in [5.41, 5.74) is 1.87. The normalized spacial score (nSPS) is 18.7. The summed E-state index contributed by atoms with van der Waals surface area (Å²) in [6.45, 7) is 12.3. The summed E-state index contributed by atoms with van der Waals surface area (Å²) in [7, 11) is -8.36. The summed E-state index contributed by atoms with van der Waals surface area (Å²) in [5, 5.41) is 12.6. The van der Waals surface area contributed by atoms with Gasteiger partial charge in [0.2, 0.25) is 25.0 Å². The average Bonchev–Trinajstić information content (AvgIpc) is 3.48. The molecule has 6 rings (SSSR count). The molecular weight excluding hydrogens is 725 g/mol. The Bertz CT molecular complexity index is 1840. The van der Waals surface area contributed by atoms with Crippen LogP contribution in [-0.4, -0.2) is 118 Å². The highest BCUT2D eigenvalue weighted by molar-refractivity contribution is 7.90. The first-order valence-electron chi connectivity index (χ1n) is 17.9. The Morgan fingerprint density at radius 1 is 0.942 bits per heavy atom. The minimum atomic E-state index is -3.72. The number of hydrogen-bond donors (Lipinski definition) is 1. The standard InChI is InChI=1S/C24H34N8O5S2Si.2C5H10O/c1-38(33,34)24-27-12-19(22(30-24)28-18-7-6-8-32(15-18)39(2,35)36)20-13-26-23-21(29-20)17(11-25)14-31(23)16-37-9-10-40(3,4)5;2*1-2-4-6-5-3-1/h12-14,18H,6-10,15-16H2,1-5H3,(H,27,28,30);2*1-5H2/t18-;;/m0../s1. The molecule has 0 amide bonds. The van der Waals surface area contributed by atoms with Crippen LogP contribution < -0.4 is 5.32 Å². The van der Waals surface area contributed by atoms with Gasteiger partial charge in [0, 0.05) is 78.9 Å². The van der Waals surface area contributed by atoms with Crippen molar-refractivity contribution < 1.29 is 31.0 Å². The number of nitrogens with one attached hydrogen (secondary N) is 1. The van der Waals surface area contributed by atoms with Crippen molar-refractivity contribution in [1.82, 2.24) is 28.8 Å². The highest BCUT2D eigenvalue weighted by Crippen LogP contribution is 2.29. The Hall–Kier alpha value is -3.05. The Morgan fingerprint density at radius 2 is 1.60 bits per heavy atom. The van der Waals surface area contributed by atoms with Crippen molar-refractivity contribution in [3.8, 4) is 17.3 Å². The predicted octanol–water partition coefficient (Wildman–Crippen LogP) is 4.69. The Kier molecular flexibility index (Phi) is 15.5. The topological polar surface area (TPSA) is 192 Å². The molecule has 0 unspecified atom stereocenters. The molecular formula is C34H54N8O7S2Si. The summed E-state index contributed by atoms with van der Waals surface area (Å²) in [6, 6.07) is 2.85. The number of sulfone groups is 1. The zero-order chi connectivity index (χ0) is 37.8. The van der Waals surface area contributed by atoms with E-state index in [4.69, 9.17) is 14.2 Å². The zero-order valence-corrected chi connectivity index (χ0v) is 33.8. The van der Waals surface area contributed by atoms with E-state index in [0.717, 1.165) is 45.0 Å². The van der Waals surface area contributed by atoms with Crippen molar-refractivity contribution in [3.63, 3.8) is 0 Å². The third kappa shape index (κ3) is 13.1. The molecule has 3 aliphatic heterocycles. The molecule has 52 heavy (non-hydrogen) atoms. The molecule has 1 atom stereocenters. The van der Waals surface area contributed by atoms with Crippen LogP contribution >= 0.6 is 0 Å². The number of fused-ring (bicyclic) bond motifs is 1. The van der Waals surface area contributed by atoms with Crippen LogP contribution in [0, 0.1) is 11.3 Å². The van der Waals surface area contributed by atoms with Crippen LogP contribution in [0.3, 0.4) is 0 Å². The molecule has 0 bridgehead atoms. The maximum absolute atomic E-state index is 12.2. The molecule has 1 N–H and O–H groups in total. The Morgan fingerprint density at radius 3 is 2.12 bits per heavy atom. The summed E-state index contributed by atoms with van der Waals surface area (Å²) < 4.78 is 67.8. The lowest BCUT2D eigenvalue weighted by Gasteiger charge is -2.32. The molecule has 0 aliphatic carbocycles. The van der Waals surface area contributed by atoms with Crippen LogP contribution in [0.15, 0.2) is 23.7 Å². The molecule has 3 aliphatic rings. The lowest BCUT2D eigenvalue weighted by atomic mass is 10.1. The maximum atomic E-state index is 12.2. The van der Waals surface area contributed by atoms with Gasteiger partial charge in [0.05, 0.1) is 29.3 Å². The van der Waals surface area contributed by atoms with Gasteiger partial charge in [-0.1, -0.05) is 19.6 Å². The van der Waals surface area contributed by atoms with Crippen LogP contribution in [-0.2, 0) is 40.8 Å². The number of nitriles is 1. The number of aromatic nitrogens is 5. The lowest BCUT2D eigenvalue weighted by Crippen LogP contribution is -2.44. The van der Waals surface area contributed by atoms with Gasteiger partial charge in [-0.05, 0) is 57.4 Å². The lowest BCUT2D eigenvalue weighted by molar-refractivity contribution is 0.0898. The van der Waals surface area contributed by atoms with E-state index in [9.17, 15) is 22.1 Å². The molecule has 3 saturated heterocycles. The average molecular weight is 779 g/mol. The first-order chi connectivity index (χ1) is 24.7. The van der Waals surface area contributed by atoms with E-state index in [1.165, 1.54) is 55.2 Å². The summed E-state index contributed by atoms with van der Waals surface area (Å²) in [4.78, 5) is 17.5. The van der Waals surface area contributed by atoms with Gasteiger partial charge in [0.15, 0.2) is 5.65 Å². The minimum Gasteiger partial charge on any atom is -0.381 e. The van der Waals surface area contributed by atoms with Crippen LogP contribution in [0.25, 0.3) is 22.4 Å². The van der Waals surface area contributed by atoms with Gasteiger partial charge in [0.25, 0.3) is 0 Å². The van der Waals surface area contributed by atoms with Gasteiger partial charge in [-0.25, -0.2) is 41.1 Å². The molecule has 18 heteroatoms. The number of sulfonamides is 1. The molecule has 0 radical (unpaired) electrons. The van der Waals surface area contributed by atoms with Crippen molar-refractivity contribution in [3.05, 3.63) is 24.2 Å². The monoisotopic (exact) mass is 778 g/mol. The fraction of sp³-hybridized carbons (Fsp3) is 0.676. The quantitative estimate of drug-likeness (QED) is 0.170. The van der Waals surface area contributed by atoms with E-state index in [-0.39, 0.29) is 30.3 Å². The van der Waals surface area contributed by atoms with E-state index < -0.39 is 27.9 Å². The van der Waals surface area contributed by atoms with Crippen molar-refractivity contribution in [1.29, 1.82) is 5.26 Å². The minimum absolute atomic E-state index is 0.192. The van der Waals surface area contributed by atoms with Gasteiger partial charge in [0.1, 0.15) is 24.1 Å². The summed E-state index contributed by atoms with van der Waals surface area (Å²) >= 11 is 0. The fourth-order valence-corrected chi connectivity index (χ4v) is 7.84. The van der Waals surface area contributed by atoms with Crippen molar-refractivity contribution in [2.24, 2.45) is 0 Å². The second-order valence-electron chi connectivity index (χ2n) is 14.5. The fourth-order valence-electron chi connectivity index (χ4n) is 5.67. The van der Waals surface area contributed by atoms with Crippen LogP contribution in [0.2, 0.25) is 25.7 Å². The third-order valence-corrected chi connectivity index (χ3v) is 12.5. The van der Waals surface area contributed by atoms with Gasteiger partial charge < -0.3 is 24.1 Å². The summed E-state index contributed by atoms with van der Waals surface area (Å²) in [6.07, 6.45) is 15.8. The number of ether oxygens (including phenoxy) is 3. The SMILES string of the molecule is C1CCOCC1.C1CCOCC1.C[Si](C)(C)CCOCn1cc(C#N)c2nc(-c3cnc(S(C)(=O)=O)nc3N[C@H]3CCCN(S(C)(=O)=O)C3)cnc21. The van der Waals surface area contributed by atoms with Crippen molar-refractivity contribution in [2.75, 3.05) is 64.0 Å². The van der Waals surface area contributed by atoms with Gasteiger partial charge in [-0.3, -0.25) is 0 Å². The van der Waals surface area contributed by atoms with Crippen LogP contribution in [0.4, 0.5) is 5.82 Å². The van der Waals surface area contributed by atoms with E-state index in [1.54, 1.807) is 10.8 Å². The zero-order valence-electron chi connectivity index (χ0n) is 31.1. The molecule has 0 aromatic carbocycles. The molecule has 3 fully saturated rings. The van der Waals surface area contributed by atoms with E-state index in [0.29, 0.717) is 54.0 Å². The molecule has 3 aromatic rings. The van der Waals surface area contributed by atoms with E-state index in [1.807, 2.05) is 0 Å². The summed E-state index contributed by atoms with van der Waals surface area (Å²) in [5.74, 6) is 0.192. The van der Waals surface area contributed by atoms with E-state index >= 15 is 0 Å². The van der Waals surface area contributed by atoms with E-state index in [2.05, 4.69) is 51.0 Å². The molecule has 3 aromatic heterocycles. The van der Waals surface area contributed by atoms with Gasteiger partial charge in [-0.2, -0.15) is 5.26 Å². The maximum Gasteiger partial charge on any atom is 0.248 e. The van der Waals surface area contributed by atoms with Crippen molar-refractivity contribution in [2.45, 2.75) is 95.0 Å². The Labute approximate surface area is 309 Å². The number of rotatable bonds is 10. The highest BCUT2D eigenvalue weighted by atomic mass is 32.2. The second kappa shape index (κ2) is 19.3. The Balaban J connectivity index is 0.000000423. The molecule has 0 saturated carbocycles. The molecule has 0 spiro atoms.